The largest absolute Gasteiger partial charge is 0.293 e. The summed E-state index contributed by atoms with van der Waals surface area (Å²) < 4.78 is 0.978. The minimum Gasteiger partial charge on any atom is -0.293 e. The van der Waals surface area contributed by atoms with Gasteiger partial charge in [0, 0.05) is 15.3 Å². The van der Waals surface area contributed by atoms with Crippen molar-refractivity contribution in [3.8, 4) is 0 Å². The van der Waals surface area contributed by atoms with E-state index in [0.29, 0.717) is 5.78 Å². The van der Waals surface area contributed by atoms with Crippen LogP contribution in [0.2, 0.25) is 0 Å². The Balaban J connectivity index is 2.28. The maximum absolute atomic E-state index is 12.6. The molecule has 94 valence electrons. The molecule has 1 aromatic heterocycles. The minimum atomic E-state index is 0.159. The van der Waals surface area contributed by atoms with E-state index in [2.05, 4.69) is 36.7 Å². The summed E-state index contributed by atoms with van der Waals surface area (Å²) in [6, 6.07) is 2.05. The maximum atomic E-state index is 12.6. The van der Waals surface area contributed by atoms with Crippen molar-refractivity contribution in [3.05, 3.63) is 20.3 Å². The molecule has 1 saturated carbocycles. The third-order valence-corrected chi connectivity index (χ3v) is 5.81. The number of rotatable bonds is 2. The Morgan fingerprint density at radius 1 is 1.47 bits per heavy atom. The highest BCUT2D eigenvalue weighted by Gasteiger charge is 2.38. The van der Waals surface area contributed by atoms with Gasteiger partial charge in [-0.1, -0.05) is 26.7 Å². The van der Waals surface area contributed by atoms with E-state index in [1.165, 1.54) is 24.1 Å². The first-order valence-electron chi connectivity index (χ1n) is 6.22. The number of carbonyl (C=O) groups excluding carboxylic acids is 1. The topological polar surface area (TPSA) is 17.1 Å². The minimum absolute atomic E-state index is 0.159. The smallest absolute Gasteiger partial charge is 0.177 e. The van der Waals surface area contributed by atoms with Gasteiger partial charge in [-0.2, -0.15) is 0 Å². The van der Waals surface area contributed by atoms with Gasteiger partial charge in [-0.05, 0) is 47.2 Å². The lowest BCUT2D eigenvalue weighted by atomic mass is 9.67. The number of hydrogen-bond acceptors (Lipinski definition) is 2. The fourth-order valence-electron chi connectivity index (χ4n) is 2.79. The van der Waals surface area contributed by atoms with Crippen LogP contribution in [0.5, 0.6) is 0 Å². The van der Waals surface area contributed by atoms with Crippen molar-refractivity contribution in [1.82, 2.24) is 0 Å². The second-order valence-electron chi connectivity index (χ2n) is 5.69. The van der Waals surface area contributed by atoms with Gasteiger partial charge in [0.15, 0.2) is 5.78 Å². The zero-order valence-corrected chi connectivity index (χ0v) is 13.1. The summed E-state index contributed by atoms with van der Waals surface area (Å²) in [4.78, 5) is 14.8. The molecule has 0 aromatic carbocycles. The van der Waals surface area contributed by atoms with Crippen LogP contribution in [-0.4, -0.2) is 5.78 Å². The van der Waals surface area contributed by atoms with E-state index in [1.807, 2.05) is 6.07 Å². The van der Waals surface area contributed by atoms with Crippen molar-refractivity contribution in [1.29, 1.82) is 0 Å². The molecule has 0 aliphatic heterocycles. The molecule has 1 aliphatic rings. The zero-order valence-electron chi connectivity index (χ0n) is 10.7. The van der Waals surface area contributed by atoms with Crippen LogP contribution in [0.25, 0.3) is 0 Å². The second kappa shape index (κ2) is 4.85. The number of Topliss-reactive ketones (excluding diaryl/α,β-unsaturated/α-hetero) is 1. The van der Waals surface area contributed by atoms with Gasteiger partial charge in [0.1, 0.15) is 0 Å². The van der Waals surface area contributed by atoms with E-state index >= 15 is 0 Å². The molecule has 17 heavy (non-hydrogen) atoms. The van der Waals surface area contributed by atoms with Crippen LogP contribution in [0.4, 0.5) is 0 Å². The van der Waals surface area contributed by atoms with Crippen LogP contribution < -0.4 is 0 Å². The number of thiophene rings is 1. The maximum Gasteiger partial charge on any atom is 0.177 e. The van der Waals surface area contributed by atoms with Gasteiger partial charge in [-0.3, -0.25) is 4.79 Å². The van der Waals surface area contributed by atoms with Crippen molar-refractivity contribution in [2.45, 2.75) is 46.5 Å². The van der Waals surface area contributed by atoms with Gasteiger partial charge < -0.3 is 0 Å². The predicted octanol–water partition coefficient (Wildman–Crippen LogP) is 5.22. The Kier molecular flexibility index (Phi) is 3.79. The number of aryl methyl sites for hydroxylation is 1. The molecular formula is C14H19BrOS. The number of halogens is 1. The third kappa shape index (κ3) is 2.65. The van der Waals surface area contributed by atoms with Crippen LogP contribution in [0.3, 0.4) is 0 Å². The van der Waals surface area contributed by atoms with E-state index in [0.717, 1.165) is 15.8 Å². The Hall–Kier alpha value is -0.150. The molecule has 0 radical (unpaired) electrons. The highest BCUT2D eigenvalue weighted by molar-refractivity contribution is 9.10. The van der Waals surface area contributed by atoms with E-state index in [4.69, 9.17) is 0 Å². The normalized spacial score (nSPS) is 23.6. The van der Waals surface area contributed by atoms with Gasteiger partial charge in [0.2, 0.25) is 0 Å². The third-order valence-electron chi connectivity index (χ3n) is 3.86. The molecule has 1 atom stereocenters. The predicted molar refractivity (Wildman–Crippen MR) is 76.8 cm³/mol. The van der Waals surface area contributed by atoms with Crippen LogP contribution >= 0.6 is 27.3 Å². The Bertz CT molecular complexity index is 433. The highest BCUT2D eigenvalue weighted by Crippen LogP contribution is 2.43. The van der Waals surface area contributed by atoms with Crippen LogP contribution in [0.15, 0.2) is 10.5 Å². The monoisotopic (exact) mass is 314 g/mol. The molecular weight excluding hydrogens is 296 g/mol. The molecule has 0 amide bonds. The molecule has 0 spiro atoms. The average Bonchev–Trinajstić information content (AvgIpc) is 2.56. The molecule has 0 bridgehead atoms. The van der Waals surface area contributed by atoms with E-state index in [-0.39, 0.29) is 11.3 Å². The van der Waals surface area contributed by atoms with Gasteiger partial charge >= 0.3 is 0 Å². The fraction of sp³-hybridized carbons (Fsp3) is 0.643. The van der Waals surface area contributed by atoms with Crippen molar-refractivity contribution in [3.63, 3.8) is 0 Å². The summed E-state index contributed by atoms with van der Waals surface area (Å²) in [7, 11) is 0. The van der Waals surface area contributed by atoms with E-state index < -0.39 is 0 Å². The first-order valence-corrected chi connectivity index (χ1v) is 7.83. The van der Waals surface area contributed by atoms with E-state index in [9.17, 15) is 4.79 Å². The number of ketones is 1. The Morgan fingerprint density at radius 2 is 2.18 bits per heavy atom. The summed E-state index contributed by atoms with van der Waals surface area (Å²) in [5.74, 6) is 0.547. The SMILES string of the molecule is Cc1cc(Br)c(C(=O)C2CCCCC2(C)C)s1. The van der Waals surface area contributed by atoms with Crippen molar-refractivity contribution >= 4 is 33.0 Å². The Labute approximate surface area is 116 Å². The summed E-state index contributed by atoms with van der Waals surface area (Å²) in [5, 5.41) is 0. The van der Waals surface area contributed by atoms with E-state index in [1.54, 1.807) is 11.3 Å². The van der Waals surface area contributed by atoms with Gasteiger partial charge in [-0.15, -0.1) is 11.3 Å². The molecule has 1 nitrogen and oxygen atoms in total. The fourth-order valence-corrected chi connectivity index (χ4v) is 4.62. The molecule has 3 heteroatoms. The van der Waals surface area contributed by atoms with Crippen LogP contribution in [0.1, 0.15) is 54.1 Å². The molecule has 2 rings (SSSR count). The zero-order chi connectivity index (χ0) is 12.6. The number of hydrogen-bond donors (Lipinski definition) is 0. The van der Waals surface area contributed by atoms with Gasteiger partial charge in [-0.25, -0.2) is 0 Å². The lowest BCUT2D eigenvalue weighted by Gasteiger charge is -2.37. The molecule has 1 fully saturated rings. The standard InChI is InChI=1S/C14H19BrOS/c1-9-8-11(15)13(17-9)12(16)10-6-4-5-7-14(10,2)3/h8,10H,4-7H2,1-3H3. The summed E-state index contributed by atoms with van der Waals surface area (Å²) >= 11 is 5.13. The average molecular weight is 315 g/mol. The van der Waals surface area contributed by atoms with Crippen molar-refractivity contribution < 1.29 is 4.79 Å². The molecule has 1 heterocycles. The summed E-state index contributed by atoms with van der Waals surface area (Å²) in [6.07, 6.45) is 4.68. The molecule has 0 N–H and O–H groups in total. The first-order chi connectivity index (χ1) is 7.92. The van der Waals surface area contributed by atoms with Crippen LogP contribution in [0, 0.1) is 18.3 Å². The lowest BCUT2D eigenvalue weighted by molar-refractivity contribution is 0.0701. The summed E-state index contributed by atoms with van der Waals surface area (Å²) in [6.45, 7) is 6.53. The lowest BCUT2D eigenvalue weighted by Crippen LogP contribution is -2.33. The highest BCUT2D eigenvalue weighted by atomic mass is 79.9. The Morgan fingerprint density at radius 3 is 2.71 bits per heavy atom. The van der Waals surface area contributed by atoms with Crippen LogP contribution in [-0.2, 0) is 0 Å². The van der Waals surface area contributed by atoms with Gasteiger partial charge in [0.25, 0.3) is 0 Å². The van der Waals surface area contributed by atoms with Crippen molar-refractivity contribution in [2.75, 3.05) is 0 Å². The summed E-state index contributed by atoms with van der Waals surface area (Å²) in [5.41, 5.74) is 0.159. The molecule has 1 aliphatic carbocycles. The molecule has 1 unspecified atom stereocenters. The van der Waals surface area contributed by atoms with Crippen molar-refractivity contribution in [2.24, 2.45) is 11.3 Å². The quantitative estimate of drug-likeness (QED) is 0.684. The first kappa shape index (κ1) is 13.3. The molecule has 0 saturated heterocycles. The molecule has 1 aromatic rings. The van der Waals surface area contributed by atoms with Gasteiger partial charge in [0.05, 0.1) is 4.88 Å². The second-order valence-corrected chi connectivity index (χ2v) is 7.80. The number of carbonyl (C=O) groups is 1.